The van der Waals surface area contributed by atoms with Crippen molar-refractivity contribution < 1.29 is 18.4 Å². The number of piperidine rings is 2. The zero-order chi connectivity index (χ0) is 21.6. The molecule has 1 saturated carbocycles. The van der Waals surface area contributed by atoms with Crippen molar-refractivity contribution in [3.8, 4) is 0 Å². The van der Waals surface area contributed by atoms with Crippen LogP contribution < -0.4 is 0 Å². The number of hydrogen-bond donors (Lipinski definition) is 0. The summed E-state index contributed by atoms with van der Waals surface area (Å²) in [6, 6.07) is 0. The van der Waals surface area contributed by atoms with Crippen LogP contribution in [0.1, 0.15) is 70.0 Å². The van der Waals surface area contributed by atoms with Gasteiger partial charge in [0.05, 0.1) is 18.6 Å². The predicted molar refractivity (Wildman–Crippen MR) is 112 cm³/mol. The molecule has 4 aliphatic rings. The minimum absolute atomic E-state index is 0.0506. The second-order valence-electron chi connectivity index (χ2n) is 10.6. The molecule has 172 valence electrons. The van der Waals surface area contributed by atoms with Crippen LogP contribution in [0.2, 0.25) is 0 Å². The SMILES string of the molecule is CC(C)c1nc(CC(=O)N2CC[C@H]3CC(CN4CCC5(CC4)CC(F)C5)O[C@H]3C2)no1. The molecule has 0 N–H and O–H groups in total. The van der Waals surface area contributed by atoms with Crippen LogP contribution in [-0.2, 0) is 16.0 Å². The van der Waals surface area contributed by atoms with E-state index in [-0.39, 0.29) is 30.5 Å². The summed E-state index contributed by atoms with van der Waals surface area (Å²) in [5.74, 6) is 1.80. The summed E-state index contributed by atoms with van der Waals surface area (Å²) < 4.78 is 24.9. The molecule has 8 heteroatoms. The Morgan fingerprint density at radius 1 is 1.26 bits per heavy atom. The molecule has 4 fully saturated rings. The Bertz CT molecular complexity index is 784. The number of carbonyl (C=O) groups is 1. The van der Waals surface area contributed by atoms with Crippen molar-refractivity contribution in [2.75, 3.05) is 32.7 Å². The van der Waals surface area contributed by atoms with Gasteiger partial charge in [-0.15, -0.1) is 0 Å². The molecule has 3 atom stereocenters. The van der Waals surface area contributed by atoms with Gasteiger partial charge in [-0.2, -0.15) is 4.98 Å². The lowest BCUT2D eigenvalue weighted by molar-refractivity contribution is -0.135. The number of ether oxygens (including phenoxy) is 1. The van der Waals surface area contributed by atoms with Gasteiger partial charge in [-0.1, -0.05) is 19.0 Å². The van der Waals surface area contributed by atoms with E-state index in [0.29, 0.717) is 29.6 Å². The molecular weight excluding hydrogens is 399 g/mol. The highest BCUT2D eigenvalue weighted by molar-refractivity contribution is 5.78. The maximum absolute atomic E-state index is 13.3. The lowest BCUT2D eigenvalue weighted by Gasteiger charge is -2.49. The maximum atomic E-state index is 13.3. The molecule has 1 aromatic heterocycles. The van der Waals surface area contributed by atoms with Gasteiger partial charge in [-0.3, -0.25) is 4.79 Å². The lowest BCUT2D eigenvalue weighted by Crippen LogP contribution is -2.49. The van der Waals surface area contributed by atoms with Crippen LogP contribution in [0.5, 0.6) is 0 Å². The van der Waals surface area contributed by atoms with Crippen LogP contribution in [0.4, 0.5) is 4.39 Å². The van der Waals surface area contributed by atoms with E-state index in [2.05, 4.69) is 15.0 Å². The van der Waals surface area contributed by atoms with Crippen molar-refractivity contribution in [1.29, 1.82) is 0 Å². The molecule has 1 aromatic rings. The number of nitrogens with zero attached hydrogens (tertiary/aromatic N) is 4. The van der Waals surface area contributed by atoms with Crippen molar-refractivity contribution in [3.05, 3.63) is 11.7 Å². The molecular formula is C23H35FN4O3. The number of hydrogen-bond acceptors (Lipinski definition) is 6. The molecule has 1 unspecified atom stereocenters. The average Bonchev–Trinajstić information content (AvgIpc) is 3.34. The Labute approximate surface area is 183 Å². The van der Waals surface area contributed by atoms with Crippen molar-refractivity contribution in [2.45, 2.75) is 83.1 Å². The smallest absolute Gasteiger partial charge is 0.230 e. The number of carbonyl (C=O) groups excluding carboxylic acids is 1. The van der Waals surface area contributed by atoms with Crippen molar-refractivity contribution >= 4 is 5.91 Å². The molecule has 31 heavy (non-hydrogen) atoms. The number of likely N-dealkylation sites (tertiary alicyclic amines) is 2. The monoisotopic (exact) mass is 434 g/mol. The van der Waals surface area contributed by atoms with E-state index in [1.807, 2.05) is 18.7 Å². The Morgan fingerprint density at radius 2 is 2.03 bits per heavy atom. The standard InChI is InChI=1S/C23H35FN4O3/c1-15(2)22-25-20(26-31-22)10-21(29)28-6-3-16-9-18(30-19(16)14-28)13-27-7-4-23(5-8-27)11-17(24)12-23/h15-19H,3-14H2,1-2H3/t16-,18?,19-/m0/s1. The van der Waals surface area contributed by atoms with Gasteiger partial charge >= 0.3 is 0 Å². The molecule has 7 nitrogen and oxygen atoms in total. The van der Waals surface area contributed by atoms with E-state index in [9.17, 15) is 9.18 Å². The van der Waals surface area contributed by atoms with E-state index in [1.165, 1.54) is 0 Å². The summed E-state index contributed by atoms with van der Waals surface area (Å²) >= 11 is 0. The Morgan fingerprint density at radius 3 is 2.71 bits per heavy atom. The van der Waals surface area contributed by atoms with Crippen LogP contribution in [0.15, 0.2) is 4.52 Å². The first kappa shape index (κ1) is 21.3. The third kappa shape index (κ3) is 4.51. The van der Waals surface area contributed by atoms with E-state index in [0.717, 1.165) is 64.7 Å². The van der Waals surface area contributed by atoms with Gasteiger partial charge in [0.25, 0.3) is 0 Å². The minimum Gasteiger partial charge on any atom is -0.372 e. The first-order chi connectivity index (χ1) is 14.9. The summed E-state index contributed by atoms with van der Waals surface area (Å²) in [6.45, 7) is 8.53. The molecule has 0 aromatic carbocycles. The number of rotatable bonds is 5. The zero-order valence-corrected chi connectivity index (χ0v) is 18.8. The Hall–Kier alpha value is -1.54. The highest BCUT2D eigenvalue weighted by Crippen LogP contribution is 2.50. The highest BCUT2D eigenvalue weighted by Gasteiger charge is 2.47. The van der Waals surface area contributed by atoms with Crippen molar-refractivity contribution in [2.24, 2.45) is 11.3 Å². The van der Waals surface area contributed by atoms with E-state index in [4.69, 9.17) is 9.26 Å². The molecule has 4 heterocycles. The fourth-order valence-corrected chi connectivity index (χ4v) is 5.98. The molecule has 5 rings (SSSR count). The molecule has 1 aliphatic carbocycles. The van der Waals surface area contributed by atoms with Gasteiger partial charge in [-0.25, -0.2) is 4.39 Å². The molecule has 0 bridgehead atoms. The molecule has 1 amide bonds. The molecule has 3 aliphatic heterocycles. The quantitative estimate of drug-likeness (QED) is 0.710. The van der Waals surface area contributed by atoms with Gasteiger partial charge < -0.3 is 19.1 Å². The number of halogens is 1. The van der Waals surface area contributed by atoms with E-state index >= 15 is 0 Å². The summed E-state index contributed by atoms with van der Waals surface area (Å²) in [5, 5.41) is 3.95. The first-order valence-electron chi connectivity index (χ1n) is 12.0. The third-order valence-electron chi connectivity index (χ3n) is 7.96. The Kier molecular flexibility index (Phi) is 5.79. The second-order valence-corrected chi connectivity index (χ2v) is 10.6. The number of alkyl halides is 1. The van der Waals surface area contributed by atoms with Gasteiger partial charge in [-0.05, 0) is 62.9 Å². The predicted octanol–water partition coefficient (Wildman–Crippen LogP) is 2.96. The Balaban J connectivity index is 1.08. The molecule has 1 spiro atoms. The summed E-state index contributed by atoms with van der Waals surface area (Å²) in [5.41, 5.74) is 0.302. The summed E-state index contributed by atoms with van der Waals surface area (Å²) in [6.07, 6.45) is 5.90. The van der Waals surface area contributed by atoms with Crippen LogP contribution in [-0.4, -0.2) is 77.0 Å². The van der Waals surface area contributed by atoms with Crippen LogP contribution in [0.25, 0.3) is 0 Å². The van der Waals surface area contributed by atoms with Gasteiger partial charge in [0, 0.05) is 25.6 Å². The highest BCUT2D eigenvalue weighted by atomic mass is 19.1. The van der Waals surface area contributed by atoms with E-state index < -0.39 is 6.17 Å². The van der Waals surface area contributed by atoms with Crippen LogP contribution >= 0.6 is 0 Å². The zero-order valence-electron chi connectivity index (χ0n) is 18.8. The van der Waals surface area contributed by atoms with E-state index in [1.54, 1.807) is 0 Å². The number of fused-ring (bicyclic) bond motifs is 1. The minimum atomic E-state index is -0.559. The average molecular weight is 435 g/mol. The maximum Gasteiger partial charge on any atom is 0.230 e. The third-order valence-corrected chi connectivity index (χ3v) is 7.96. The van der Waals surface area contributed by atoms with Crippen molar-refractivity contribution in [1.82, 2.24) is 19.9 Å². The van der Waals surface area contributed by atoms with Gasteiger partial charge in [0.15, 0.2) is 5.82 Å². The van der Waals surface area contributed by atoms with Crippen molar-refractivity contribution in [3.63, 3.8) is 0 Å². The van der Waals surface area contributed by atoms with Gasteiger partial charge in [0.1, 0.15) is 6.17 Å². The second kappa shape index (κ2) is 8.43. The van der Waals surface area contributed by atoms with Gasteiger partial charge in [0.2, 0.25) is 11.8 Å². The largest absolute Gasteiger partial charge is 0.372 e. The lowest BCUT2D eigenvalue weighted by atomic mass is 9.62. The fourth-order valence-electron chi connectivity index (χ4n) is 5.98. The van der Waals surface area contributed by atoms with Crippen LogP contribution in [0, 0.1) is 11.3 Å². The first-order valence-corrected chi connectivity index (χ1v) is 12.0. The number of aromatic nitrogens is 2. The molecule has 3 saturated heterocycles. The summed E-state index contributed by atoms with van der Waals surface area (Å²) in [7, 11) is 0. The fraction of sp³-hybridized carbons (Fsp3) is 0.870. The van der Waals surface area contributed by atoms with Crippen LogP contribution in [0.3, 0.4) is 0 Å². The summed E-state index contributed by atoms with van der Waals surface area (Å²) in [4.78, 5) is 21.5. The molecule has 0 radical (unpaired) electrons. The normalized spacial score (nSPS) is 31.2. The number of amides is 1. The topological polar surface area (TPSA) is 71.7 Å².